The summed E-state index contributed by atoms with van der Waals surface area (Å²) in [6.45, 7) is 6.86. The molecule has 1 atom stereocenters. The van der Waals surface area contributed by atoms with Crippen molar-refractivity contribution < 1.29 is 14.3 Å². The van der Waals surface area contributed by atoms with Crippen molar-refractivity contribution in [3.8, 4) is 0 Å². The van der Waals surface area contributed by atoms with Gasteiger partial charge in [0.15, 0.2) is 0 Å². The van der Waals surface area contributed by atoms with Crippen molar-refractivity contribution in [2.75, 3.05) is 17.2 Å². The Kier molecular flexibility index (Phi) is 8.99. The van der Waals surface area contributed by atoms with Gasteiger partial charge in [0.05, 0.1) is 11.4 Å². The molecule has 7 heteroatoms. The summed E-state index contributed by atoms with van der Waals surface area (Å²) in [6.07, 6.45) is -0.118. The third-order valence-corrected chi connectivity index (χ3v) is 4.63. The number of rotatable bonds is 9. The SMILES string of the molecule is CCNc1ccc(Br)cc1NC(=O)[C@@H](CC(C)C)NC(=O)OCc1ccccc1. The highest BCUT2D eigenvalue weighted by Gasteiger charge is 2.23. The Morgan fingerprint density at radius 3 is 2.45 bits per heavy atom. The van der Waals surface area contributed by atoms with Gasteiger partial charge in [-0.05, 0) is 43.0 Å². The third kappa shape index (κ3) is 7.77. The molecule has 0 saturated heterocycles. The minimum Gasteiger partial charge on any atom is -0.445 e. The van der Waals surface area contributed by atoms with Crippen LogP contribution in [-0.2, 0) is 16.1 Å². The lowest BCUT2D eigenvalue weighted by molar-refractivity contribution is -0.118. The van der Waals surface area contributed by atoms with Crippen LogP contribution in [0.15, 0.2) is 53.0 Å². The smallest absolute Gasteiger partial charge is 0.408 e. The quantitative estimate of drug-likeness (QED) is 0.481. The minimum absolute atomic E-state index is 0.152. The summed E-state index contributed by atoms with van der Waals surface area (Å²) in [4.78, 5) is 25.2. The molecular formula is C22H28BrN3O3. The average Bonchev–Trinajstić information content (AvgIpc) is 2.68. The molecular weight excluding hydrogens is 434 g/mol. The molecule has 0 fully saturated rings. The monoisotopic (exact) mass is 461 g/mol. The fourth-order valence-corrected chi connectivity index (χ4v) is 3.16. The van der Waals surface area contributed by atoms with E-state index in [4.69, 9.17) is 4.74 Å². The molecule has 0 aliphatic heterocycles. The maximum absolute atomic E-state index is 12.9. The molecule has 0 heterocycles. The first-order valence-corrected chi connectivity index (χ1v) is 10.5. The van der Waals surface area contributed by atoms with E-state index in [1.165, 1.54) is 0 Å². The van der Waals surface area contributed by atoms with Crippen LogP contribution in [0.4, 0.5) is 16.2 Å². The fourth-order valence-electron chi connectivity index (χ4n) is 2.79. The molecule has 2 rings (SSSR count). The molecule has 0 unspecified atom stereocenters. The number of benzene rings is 2. The van der Waals surface area contributed by atoms with Gasteiger partial charge >= 0.3 is 6.09 Å². The largest absolute Gasteiger partial charge is 0.445 e. The first-order valence-electron chi connectivity index (χ1n) is 9.70. The van der Waals surface area contributed by atoms with Gasteiger partial charge in [-0.15, -0.1) is 0 Å². The van der Waals surface area contributed by atoms with Crippen LogP contribution in [0.2, 0.25) is 0 Å². The second-order valence-electron chi connectivity index (χ2n) is 7.10. The summed E-state index contributed by atoms with van der Waals surface area (Å²) in [7, 11) is 0. The van der Waals surface area contributed by atoms with E-state index in [0.717, 1.165) is 22.3 Å². The summed E-state index contributed by atoms with van der Waals surface area (Å²) in [5.41, 5.74) is 2.36. The van der Waals surface area contributed by atoms with Crippen LogP contribution in [0.5, 0.6) is 0 Å². The van der Waals surface area contributed by atoms with E-state index < -0.39 is 12.1 Å². The van der Waals surface area contributed by atoms with Crippen molar-refractivity contribution in [2.24, 2.45) is 5.92 Å². The lowest BCUT2D eigenvalue weighted by Crippen LogP contribution is -2.44. The molecule has 2 aromatic rings. The highest BCUT2D eigenvalue weighted by atomic mass is 79.9. The number of carbonyl (C=O) groups excluding carboxylic acids is 2. The van der Waals surface area contributed by atoms with E-state index in [9.17, 15) is 9.59 Å². The standard InChI is InChI=1S/C22H28BrN3O3/c1-4-24-18-11-10-17(23)13-19(18)25-21(27)20(12-15(2)3)26-22(28)29-14-16-8-6-5-7-9-16/h5-11,13,15,20,24H,4,12,14H2,1-3H3,(H,25,27)(H,26,28)/t20-/m1/s1. The summed E-state index contributed by atoms with van der Waals surface area (Å²) in [5, 5.41) is 8.84. The number of alkyl carbamates (subject to hydrolysis) is 1. The molecule has 6 nitrogen and oxygen atoms in total. The highest BCUT2D eigenvalue weighted by Crippen LogP contribution is 2.26. The van der Waals surface area contributed by atoms with Gasteiger partial charge in [0.2, 0.25) is 5.91 Å². The van der Waals surface area contributed by atoms with E-state index in [2.05, 4.69) is 31.9 Å². The number of nitrogens with one attached hydrogen (secondary N) is 3. The Labute approximate surface area is 180 Å². The molecule has 2 aromatic carbocycles. The van der Waals surface area contributed by atoms with Crippen molar-refractivity contribution >= 4 is 39.3 Å². The molecule has 0 bridgehead atoms. The minimum atomic E-state index is -0.702. The zero-order valence-electron chi connectivity index (χ0n) is 17.0. The highest BCUT2D eigenvalue weighted by molar-refractivity contribution is 9.10. The maximum atomic E-state index is 12.9. The van der Waals surface area contributed by atoms with E-state index in [-0.39, 0.29) is 18.4 Å². The zero-order valence-corrected chi connectivity index (χ0v) is 18.6. The van der Waals surface area contributed by atoms with Gasteiger partial charge < -0.3 is 20.7 Å². The second kappa shape index (κ2) is 11.5. The fraction of sp³-hybridized carbons (Fsp3) is 0.364. The van der Waals surface area contributed by atoms with Crippen molar-refractivity contribution in [3.05, 3.63) is 58.6 Å². The van der Waals surface area contributed by atoms with Crippen LogP contribution in [0.25, 0.3) is 0 Å². The van der Waals surface area contributed by atoms with Crippen LogP contribution in [0, 0.1) is 5.92 Å². The normalized spacial score (nSPS) is 11.6. The predicted octanol–water partition coefficient (Wildman–Crippen LogP) is 5.16. The number of hydrogen-bond donors (Lipinski definition) is 3. The molecule has 0 spiro atoms. The molecule has 29 heavy (non-hydrogen) atoms. The summed E-state index contributed by atoms with van der Waals surface area (Å²) >= 11 is 3.43. The molecule has 0 aliphatic rings. The third-order valence-electron chi connectivity index (χ3n) is 4.14. The van der Waals surface area contributed by atoms with E-state index in [1.807, 2.05) is 69.3 Å². The van der Waals surface area contributed by atoms with Crippen molar-refractivity contribution in [1.82, 2.24) is 5.32 Å². The van der Waals surface area contributed by atoms with E-state index in [0.29, 0.717) is 12.1 Å². The summed E-state index contributed by atoms with van der Waals surface area (Å²) < 4.78 is 6.12. The molecule has 0 radical (unpaired) electrons. The van der Waals surface area contributed by atoms with Crippen LogP contribution >= 0.6 is 15.9 Å². The van der Waals surface area contributed by atoms with E-state index in [1.54, 1.807) is 0 Å². The molecule has 3 N–H and O–H groups in total. The van der Waals surface area contributed by atoms with Gasteiger partial charge in [0.1, 0.15) is 12.6 Å². The van der Waals surface area contributed by atoms with Gasteiger partial charge in [0.25, 0.3) is 0 Å². The maximum Gasteiger partial charge on any atom is 0.408 e. The van der Waals surface area contributed by atoms with Crippen LogP contribution in [0.3, 0.4) is 0 Å². The Morgan fingerprint density at radius 1 is 1.07 bits per heavy atom. The number of ether oxygens (including phenoxy) is 1. The second-order valence-corrected chi connectivity index (χ2v) is 8.01. The lowest BCUT2D eigenvalue weighted by Gasteiger charge is -2.21. The average molecular weight is 462 g/mol. The van der Waals surface area contributed by atoms with Crippen LogP contribution in [0.1, 0.15) is 32.8 Å². The molecule has 0 aliphatic carbocycles. The summed E-state index contributed by atoms with van der Waals surface area (Å²) in [5.74, 6) is -0.0662. The number of amides is 2. The lowest BCUT2D eigenvalue weighted by atomic mass is 10.0. The van der Waals surface area contributed by atoms with Gasteiger partial charge in [-0.2, -0.15) is 0 Å². The van der Waals surface area contributed by atoms with Gasteiger partial charge in [-0.25, -0.2) is 4.79 Å². The molecule has 2 amide bonds. The van der Waals surface area contributed by atoms with Gasteiger partial charge in [0, 0.05) is 11.0 Å². The number of carbonyl (C=O) groups is 2. The molecule has 0 saturated carbocycles. The van der Waals surface area contributed by atoms with Gasteiger partial charge in [-0.1, -0.05) is 60.1 Å². The first-order chi connectivity index (χ1) is 13.9. The van der Waals surface area contributed by atoms with Gasteiger partial charge in [-0.3, -0.25) is 4.79 Å². The zero-order chi connectivity index (χ0) is 21.2. The predicted molar refractivity (Wildman–Crippen MR) is 120 cm³/mol. The number of anilines is 2. The Morgan fingerprint density at radius 2 is 1.79 bits per heavy atom. The van der Waals surface area contributed by atoms with E-state index >= 15 is 0 Å². The first kappa shape index (κ1) is 22.7. The Bertz CT molecular complexity index is 812. The summed E-state index contributed by atoms with van der Waals surface area (Å²) in [6, 6.07) is 14.3. The van der Waals surface area contributed by atoms with Crippen molar-refractivity contribution in [2.45, 2.75) is 39.8 Å². The topological polar surface area (TPSA) is 79.5 Å². The Hall–Kier alpha value is -2.54. The number of halogens is 1. The molecule has 156 valence electrons. The van der Waals surface area contributed by atoms with Crippen molar-refractivity contribution in [3.63, 3.8) is 0 Å². The van der Waals surface area contributed by atoms with Crippen LogP contribution in [-0.4, -0.2) is 24.6 Å². The Balaban J connectivity index is 2.04. The van der Waals surface area contributed by atoms with Crippen molar-refractivity contribution in [1.29, 1.82) is 0 Å². The number of hydrogen-bond acceptors (Lipinski definition) is 4. The van der Waals surface area contributed by atoms with Crippen LogP contribution < -0.4 is 16.0 Å². The molecule has 0 aromatic heterocycles.